The molecule has 3 aromatic rings. The zero-order valence-electron chi connectivity index (χ0n) is 21.2. The fourth-order valence-electron chi connectivity index (χ4n) is 4.98. The topological polar surface area (TPSA) is 103 Å². The largest absolute Gasteiger partial charge is 0.368 e. The van der Waals surface area contributed by atoms with Gasteiger partial charge in [-0.1, -0.05) is 12.1 Å². The van der Waals surface area contributed by atoms with Gasteiger partial charge < -0.3 is 14.7 Å². The number of halogens is 2. The molecular weight excluding hydrogens is 502 g/mol. The second-order valence-corrected chi connectivity index (χ2v) is 9.41. The Morgan fingerprint density at radius 3 is 2.23 bits per heavy atom. The molecule has 0 atom stereocenters. The number of anilines is 2. The Morgan fingerprint density at radius 1 is 0.846 bits per heavy atom. The van der Waals surface area contributed by atoms with E-state index in [1.54, 1.807) is 24.4 Å². The monoisotopic (exact) mass is 528 g/mol. The summed E-state index contributed by atoms with van der Waals surface area (Å²) in [6.07, 6.45) is 1.61. The van der Waals surface area contributed by atoms with Gasteiger partial charge in [0.2, 0.25) is 0 Å². The van der Waals surface area contributed by atoms with Gasteiger partial charge in [0.25, 0.3) is 5.91 Å². The number of nitriles is 2. The number of para-hydroxylation sites is 1. The highest BCUT2D eigenvalue weighted by atomic mass is 19.1. The minimum atomic E-state index is -0.988. The van der Waals surface area contributed by atoms with E-state index in [-0.39, 0.29) is 12.2 Å². The number of carbonyl (C=O) groups excluding carboxylic acids is 1. The Labute approximate surface area is 225 Å². The van der Waals surface area contributed by atoms with Crippen molar-refractivity contribution in [1.29, 1.82) is 10.5 Å². The summed E-state index contributed by atoms with van der Waals surface area (Å²) < 4.78 is 29.4. The Hall–Kier alpha value is -4.61. The quantitative estimate of drug-likeness (QED) is 0.498. The van der Waals surface area contributed by atoms with Crippen molar-refractivity contribution >= 4 is 17.4 Å². The number of pyridine rings is 2. The summed E-state index contributed by atoms with van der Waals surface area (Å²) in [6.45, 7) is 4.05. The van der Waals surface area contributed by atoms with Crippen LogP contribution in [0.2, 0.25) is 0 Å². The van der Waals surface area contributed by atoms with Crippen LogP contribution in [0, 0.1) is 34.3 Å². The van der Waals surface area contributed by atoms with E-state index in [2.05, 4.69) is 27.0 Å². The average Bonchev–Trinajstić information content (AvgIpc) is 2.98. The zero-order valence-corrected chi connectivity index (χ0v) is 21.2. The Bertz CT molecular complexity index is 1450. The molecule has 0 saturated carbocycles. The number of piperazine rings is 2. The predicted octanol–water partition coefficient (Wildman–Crippen LogP) is 2.78. The van der Waals surface area contributed by atoms with Crippen molar-refractivity contribution in [3.8, 4) is 12.1 Å². The first kappa shape index (κ1) is 26.0. The molecule has 0 unspecified atom stereocenters. The number of nitrogens with zero attached hydrogens (tertiary/aromatic N) is 8. The number of carbonyl (C=O) groups is 1. The first-order valence-electron chi connectivity index (χ1n) is 12.7. The van der Waals surface area contributed by atoms with Crippen molar-refractivity contribution < 1.29 is 13.6 Å². The van der Waals surface area contributed by atoms with Crippen LogP contribution in [-0.4, -0.2) is 78.0 Å². The zero-order chi connectivity index (χ0) is 27.4. The summed E-state index contributed by atoms with van der Waals surface area (Å²) in [5.74, 6) is -1.81. The van der Waals surface area contributed by atoms with E-state index in [4.69, 9.17) is 0 Å². The van der Waals surface area contributed by atoms with E-state index in [0.717, 1.165) is 11.8 Å². The van der Waals surface area contributed by atoms with Gasteiger partial charge in [0.15, 0.2) is 11.5 Å². The molecule has 0 aliphatic carbocycles. The van der Waals surface area contributed by atoms with Crippen molar-refractivity contribution in [3.05, 3.63) is 82.8 Å². The molecule has 0 radical (unpaired) electrons. The number of amides is 1. The maximum absolute atomic E-state index is 14.7. The second-order valence-electron chi connectivity index (χ2n) is 9.41. The number of rotatable bonds is 5. The molecule has 2 aromatic heterocycles. The molecule has 198 valence electrons. The lowest BCUT2D eigenvalue weighted by Crippen LogP contribution is -2.49. The van der Waals surface area contributed by atoms with Crippen LogP contribution in [0.15, 0.2) is 48.7 Å². The predicted molar refractivity (Wildman–Crippen MR) is 140 cm³/mol. The SMILES string of the molecule is N#Cc1ccccc1N1CCN(Cc2nc(C(=O)N3CCN(c4ncccc4C#N)CC3)c(F)cc2F)CC1. The van der Waals surface area contributed by atoms with E-state index < -0.39 is 23.2 Å². The lowest BCUT2D eigenvalue weighted by Gasteiger charge is -2.36. The van der Waals surface area contributed by atoms with E-state index in [9.17, 15) is 24.1 Å². The van der Waals surface area contributed by atoms with Crippen molar-refractivity contribution in [2.75, 3.05) is 62.2 Å². The lowest BCUT2D eigenvalue weighted by molar-refractivity contribution is 0.0734. The summed E-state index contributed by atoms with van der Waals surface area (Å²) in [5.41, 5.74) is 1.55. The van der Waals surface area contributed by atoms with Crippen LogP contribution in [0.25, 0.3) is 0 Å². The van der Waals surface area contributed by atoms with Crippen LogP contribution in [0.4, 0.5) is 20.3 Å². The van der Waals surface area contributed by atoms with Crippen LogP contribution in [-0.2, 0) is 6.54 Å². The van der Waals surface area contributed by atoms with Crippen LogP contribution in [0.5, 0.6) is 0 Å². The number of aromatic nitrogens is 2. The van der Waals surface area contributed by atoms with Gasteiger partial charge in [0, 0.05) is 71.2 Å². The molecule has 9 nitrogen and oxygen atoms in total. The van der Waals surface area contributed by atoms with Gasteiger partial charge >= 0.3 is 0 Å². The molecule has 2 aliphatic heterocycles. The van der Waals surface area contributed by atoms with Crippen LogP contribution in [0.1, 0.15) is 27.3 Å². The smallest absolute Gasteiger partial charge is 0.275 e. The van der Waals surface area contributed by atoms with Crippen molar-refractivity contribution in [1.82, 2.24) is 19.8 Å². The molecule has 2 aliphatic rings. The highest BCUT2D eigenvalue weighted by Gasteiger charge is 2.28. The molecule has 1 amide bonds. The molecule has 1 aromatic carbocycles. The normalized spacial score (nSPS) is 16.1. The first-order valence-corrected chi connectivity index (χ1v) is 12.7. The Kier molecular flexibility index (Phi) is 7.62. The van der Waals surface area contributed by atoms with Gasteiger partial charge in [-0.2, -0.15) is 10.5 Å². The molecule has 0 spiro atoms. The molecule has 11 heteroatoms. The van der Waals surface area contributed by atoms with Crippen molar-refractivity contribution in [2.24, 2.45) is 0 Å². The maximum Gasteiger partial charge on any atom is 0.275 e. The number of hydrogen-bond donors (Lipinski definition) is 0. The standard InChI is InChI=1S/C28H26F2N8O/c29-22-16-23(30)26(28(39)38-14-12-37(13-15-38)27-21(18-32)5-3-7-33-27)34-24(22)19-35-8-10-36(11-9-35)25-6-2-1-4-20(25)17-31/h1-7,16H,8-15,19H2. The minimum absolute atomic E-state index is 0.0245. The molecule has 2 saturated heterocycles. The third-order valence-electron chi connectivity index (χ3n) is 7.09. The molecule has 2 fully saturated rings. The summed E-state index contributed by atoms with van der Waals surface area (Å²) in [4.78, 5) is 29.1. The van der Waals surface area contributed by atoms with Crippen LogP contribution < -0.4 is 9.80 Å². The lowest BCUT2D eigenvalue weighted by atomic mass is 10.1. The Balaban J connectivity index is 1.23. The second kappa shape index (κ2) is 11.4. The first-order chi connectivity index (χ1) is 19.0. The van der Waals surface area contributed by atoms with E-state index in [1.165, 1.54) is 4.90 Å². The van der Waals surface area contributed by atoms with Gasteiger partial charge in [0.1, 0.15) is 23.8 Å². The summed E-state index contributed by atoms with van der Waals surface area (Å²) in [6, 6.07) is 15.8. The van der Waals surface area contributed by atoms with Gasteiger partial charge in [0.05, 0.1) is 22.5 Å². The van der Waals surface area contributed by atoms with Gasteiger partial charge in [-0.15, -0.1) is 0 Å². The highest BCUT2D eigenvalue weighted by Crippen LogP contribution is 2.23. The van der Waals surface area contributed by atoms with E-state index in [1.807, 2.05) is 28.0 Å². The minimum Gasteiger partial charge on any atom is -0.368 e. The number of benzene rings is 1. The fourth-order valence-corrected chi connectivity index (χ4v) is 4.98. The average molecular weight is 529 g/mol. The molecule has 5 rings (SSSR count). The molecular formula is C28H26F2N8O. The van der Waals surface area contributed by atoms with Crippen LogP contribution >= 0.6 is 0 Å². The van der Waals surface area contributed by atoms with Crippen molar-refractivity contribution in [3.63, 3.8) is 0 Å². The summed E-state index contributed by atoms with van der Waals surface area (Å²) in [5, 5.41) is 18.7. The number of hydrogen-bond acceptors (Lipinski definition) is 8. The Morgan fingerprint density at radius 2 is 1.51 bits per heavy atom. The fraction of sp³-hybridized carbons (Fsp3) is 0.321. The molecule has 0 N–H and O–H groups in total. The highest BCUT2D eigenvalue weighted by molar-refractivity contribution is 5.92. The third kappa shape index (κ3) is 5.49. The van der Waals surface area contributed by atoms with Gasteiger partial charge in [-0.05, 0) is 24.3 Å². The summed E-state index contributed by atoms with van der Waals surface area (Å²) in [7, 11) is 0. The molecule has 4 heterocycles. The van der Waals surface area contributed by atoms with E-state index >= 15 is 0 Å². The van der Waals surface area contributed by atoms with Crippen LogP contribution in [0.3, 0.4) is 0 Å². The third-order valence-corrected chi connectivity index (χ3v) is 7.09. The maximum atomic E-state index is 14.7. The molecule has 0 bridgehead atoms. The van der Waals surface area contributed by atoms with Gasteiger partial charge in [-0.25, -0.2) is 18.7 Å². The van der Waals surface area contributed by atoms with Crippen molar-refractivity contribution in [2.45, 2.75) is 6.54 Å². The molecule has 39 heavy (non-hydrogen) atoms. The summed E-state index contributed by atoms with van der Waals surface area (Å²) >= 11 is 0. The van der Waals surface area contributed by atoms with Gasteiger partial charge in [-0.3, -0.25) is 9.69 Å². The van der Waals surface area contributed by atoms with E-state index in [0.29, 0.717) is 69.3 Å².